The predicted molar refractivity (Wildman–Crippen MR) is 84.1 cm³/mol. The summed E-state index contributed by atoms with van der Waals surface area (Å²) in [7, 11) is 1.51. The standard InChI is InChI=1S/C17H27FN2O/c1-13(2)19-10-14-6-5-9-20(11-14)12-15-7-4-8-16(21-3)17(15)18/h4,7-8,13-14,19H,5-6,9-12H2,1-3H3. The van der Waals surface area contributed by atoms with Gasteiger partial charge < -0.3 is 10.1 Å². The van der Waals surface area contributed by atoms with Gasteiger partial charge in [0.1, 0.15) is 0 Å². The van der Waals surface area contributed by atoms with Gasteiger partial charge in [0.05, 0.1) is 7.11 Å². The van der Waals surface area contributed by atoms with Crippen molar-refractivity contribution in [3.05, 3.63) is 29.6 Å². The van der Waals surface area contributed by atoms with Crippen LogP contribution in [0.3, 0.4) is 0 Å². The van der Waals surface area contributed by atoms with Crippen molar-refractivity contribution in [2.24, 2.45) is 5.92 Å². The number of nitrogens with one attached hydrogen (secondary N) is 1. The molecule has 4 heteroatoms. The zero-order valence-corrected chi connectivity index (χ0v) is 13.4. The van der Waals surface area contributed by atoms with E-state index in [-0.39, 0.29) is 5.82 Å². The van der Waals surface area contributed by atoms with Crippen LogP contribution in [0.1, 0.15) is 32.3 Å². The molecule has 0 saturated carbocycles. The molecule has 0 bridgehead atoms. The second-order valence-electron chi connectivity index (χ2n) is 6.24. The lowest BCUT2D eigenvalue weighted by Gasteiger charge is -2.33. The minimum Gasteiger partial charge on any atom is -0.494 e. The van der Waals surface area contributed by atoms with Crippen LogP contribution in [-0.4, -0.2) is 37.7 Å². The molecule has 1 unspecified atom stereocenters. The maximum absolute atomic E-state index is 14.2. The smallest absolute Gasteiger partial charge is 0.169 e. The molecule has 1 aliphatic heterocycles. The monoisotopic (exact) mass is 294 g/mol. The number of rotatable bonds is 6. The largest absolute Gasteiger partial charge is 0.494 e. The van der Waals surface area contributed by atoms with Gasteiger partial charge in [-0.05, 0) is 37.9 Å². The lowest BCUT2D eigenvalue weighted by atomic mass is 9.97. The number of benzene rings is 1. The summed E-state index contributed by atoms with van der Waals surface area (Å²) < 4.78 is 19.3. The number of hydrogen-bond acceptors (Lipinski definition) is 3. The second-order valence-corrected chi connectivity index (χ2v) is 6.24. The van der Waals surface area contributed by atoms with Crippen molar-refractivity contribution >= 4 is 0 Å². The first-order valence-electron chi connectivity index (χ1n) is 7.87. The average molecular weight is 294 g/mol. The first kappa shape index (κ1) is 16.2. The van der Waals surface area contributed by atoms with E-state index in [0.717, 1.165) is 25.2 Å². The Morgan fingerprint density at radius 3 is 2.95 bits per heavy atom. The SMILES string of the molecule is COc1cccc(CN2CCCC(CNC(C)C)C2)c1F. The summed E-state index contributed by atoms with van der Waals surface area (Å²) in [6, 6.07) is 5.91. The Morgan fingerprint density at radius 1 is 1.43 bits per heavy atom. The molecular formula is C17H27FN2O. The van der Waals surface area contributed by atoms with Crippen LogP contribution < -0.4 is 10.1 Å². The van der Waals surface area contributed by atoms with E-state index >= 15 is 0 Å². The first-order valence-corrected chi connectivity index (χ1v) is 7.87. The number of halogens is 1. The summed E-state index contributed by atoms with van der Waals surface area (Å²) in [5.74, 6) is 0.778. The minimum absolute atomic E-state index is 0.220. The third kappa shape index (κ3) is 4.68. The number of piperidine rings is 1. The van der Waals surface area contributed by atoms with Gasteiger partial charge in [-0.2, -0.15) is 0 Å². The number of hydrogen-bond donors (Lipinski definition) is 1. The predicted octanol–water partition coefficient (Wildman–Crippen LogP) is 3.04. The number of ether oxygens (including phenoxy) is 1. The maximum Gasteiger partial charge on any atom is 0.169 e. The first-order chi connectivity index (χ1) is 10.1. The molecule has 1 heterocycles. The van der Waals surface area contributed by atoms with Crippen LogP contribution in [0.15, 0.2) is 18.2 Å². The van der Waals surface area contributed by atoms with E-state index in [1.165, 1.54) is 20.0 Å². The van der Waals surface area contributed by atoms with Crippen molar-refractivity contribution in [3.63, 3.8) is 0 Å². The van der Waals surface area contributed by atoms with Crippen molar-refractivity contribution in [1.82, 2.24) is 10.2 Å². The van der Waals surface area contributed by atoms with Crippen LogP contribution in [0.25, 0.3) is 0 Å². The fraction of sp³-hybridized carbons (Fsp3) is 0.647. The molecule has 0 radical (unpaired) electrons. The van der Waals surface area contributed by atoms with Crippen LogP contribution in [0.4, 0.5) is 4.39 Å². The Hall–Kier alpha value is -1.13. The minimum atomic E-state index is -0.220. The normalized spacial score (nSPS) is 20.0. The van der Waals surface area contributed by atoms with Gasteiger partial charge in [-0.25, -0.2) is 4.39 Å². The van der Waals surface area contributed by atoms with Gasteiger partial charge in [0.25, 0.3) is 0 Å². The number of methoxy groups -OCH3 is 1. The van der Waals surface area contributed by atoms with Gasteiger partial charge in [-0.3, -0.25) is 4.90 Å². The van der Waals surface area contributed by atoms with Gasteiger partial charge >= 0.3 is 0 Å². The lowest BCUT2D eigenvalue weighted by Crippen LogP contribution is -2.40. The molecular weight excluding hydrogens is 267 g/mol. The average Bonchev–Trinajstić information content (AvgIpc) is 2.48. The van der Waals surface area contributed by atoms with E-state index in [1.807, 2.05) is 12.1 Å². The van der Waals surface area contributed by atoms with Gasteiger partial charge in [-0.15, -0.1) is 0 Å². The Labute approximate surface area is 127 Å². The Morgan fingerprint density at radius 2 is 2.24 bits per heavy atom. The van der Waals surface area contributed by atoms with Gasteiger partial charge in [0.2, 0.25) is 0 Å². The van der Waals surface area contributed by atoms with Crippen molar-refractivity contribution in [1.29, 1.82) is 0 Å². The molecule has 1 aromatic rings. The molecule has 0 aromatic heterocycles. The fourth-order valence-electron chi connectivity index (χ4n) is 2.94. The molecule has 1 N–H and O–H groups in total. The van der Waals surface area contributed by atoms with E-state index in [0.29, 0.717) is 24.3 Å². The summed E-state index contributed by atoms with van der Waals surface area (Å²) in [5.41, 5.74) is 0.729. The van der Waals surface area contributed by atoms with E-state index < -0.39 is 0 Å². The molecule has 1 atom stereocenters. The highest BCUT2D eigenvalue weighted by Crippen LogP contribution is 2.23. The quantitative estimate of drug-likeness (QED) is 0.873. The molecule has 118 valence electrons. The Balaban J connectivity index is 1.93. The molecule has 1 fully saturated rings. The van der Waals surface area contributed by atoms with Crippen molar-refractivity contribution < 1.29 is 9.13 Å². The van der Waals surface area contributed by atoms with Crippen LogP contribution >= 0.6 is 0 Å². The molecule has 0 amide bonds. The fourth-order valence-corrected chi connectivity index (χ4v) is 2.94. The topological polar surface area (TPSA) is 24.5 Å². The third-order valence-corrected chi connectivity index (χ3v) is 4.08. The van der Waals surface area contributed by atoms with Crippen LogP contribution in [0.2, 0.25) is 0 Å². The van der Waals surface area contributed by atoms with E-state index in [9.17, 15) is 4.39 Å². The molecule has 0 aliphatic carbocycles. The summed E-state index contributed by atoms with van der Waals surface area (Å²) in [6.45, 7) is 8.15. The molecule has 1 aromatic carbocycles. The third-order valence-electron chi connectivity index (χ3n) is 4.08. The highest BCUT2D eigenvalue weighted by Gasteiger charge is 2.21. The van der Waals surface area contributed by atoms with Gasteiger partial charge in [0.15, 0.2) is 11.6 Å². The molecule has 0 spiro atoms. The van der Waals surface area contributed by atoms with Crippen LogP contribution in [-0.2, 0) is 6.54 Å². The highest BCUT2D eigenvalue weighted by molar-refractivity contribution is 5.31. The van der Waals surface area contributed by atoms with Crippen molar-refractivity contribution in [3.8, 4) is 5.75 Å². The summed E-state index contributed by atoms with van der Waals surface area (Å²) in [4.78, 5) is 2.36. The van der Waals surface area contributed by atoms with E-state index in [2.05, 4.69) is 24.1 Å². The Kier molecular flexibility index (Phi) is 6.00. The van der Waals surface area contributed by atoms with Crippen LogP contribution in [0.5, 0.6) is 5.75 Å². The second kappa shape index (κ2) is 7.76. The Bertz CT molecular complexity index is 450. The highest BCUT2D eigenvalue weighted by atomic mass is 19.1. The zero-order valence-electron chi connectivity index (χ0n) is 13.4. The maximum atomic E-state index is 14.2. The summed E-state index contributed by atoms with van der Waals surface area (Å²) in [6.07, 6.45) is 2.45. The molecule has 1 aliphatic rings. The van der Waals surface area contributed by atoms with Crippen LogP contribution in [0, 0.1) is 11.7 Å². The molecule has 1 saturated heterocycles. The van der Waals surface area contributed by atoms with Crippen molar-refractivity contribution in [2.45, 2.75) is 39.3 Å². The van der Waals surface area contributed by atoms with Gasteiger partial charge in [-0.1, -0.05) is 26.0 Å². The van der Waals surface area contributed by atoms with Crippen molar-refractivity contribution in [2.75, 3.05) is 26.7 Å². The molecule has 2 rings (SSSR count). The van der Waals surface area contributed by atoms with E-state index in [1.54, 1.807) is 6.07 Å². The number of likely N-dealkylation sites (tertiary alicyclic amines) is 1. The summed E-state index contributed by atoms with van der Waals surface area (Å²) in [5, 5.41) is 3.51. The zero-order chi connectivity index (χ0) is 15.2. The molecule has 21 heavy (non-hydrogen) atoms. The van der Waals surface area contributed by atoms with E-state index in [4.69, 9.17) is 4.74 Å². The summed E-state index contributed by atoms with van der Waals surface area (Å²) >= 11 is 0. The molecule has 3 nitrogen and oxygen atoms in total. The number of nitrogens with zero attached hydrogens (tertiary/aromatic N) is 1. The lowest BCUT2D eigenvalue weighted by molar-refractivity contribution is 0.162. The van der Waals surface area contributed by atoms with Gasteiger partial charge in [0, 0.05) is 24.7 Å².